The van der Waals surface area contributed by atoms with Crippen molar-refractivity contribution >= 4 is 23.3 Å². The average molecular weight is 396 g/mol. The molecule has 0 aliphatic heterocycles. The van der Waals surface area contributed by atoms with Gasteiger partial charge in [0.2, 0.25) is 5.91 Å². The molecule has 0 atom stereocenters. The number of ketones is 1. The van der Waals surface area contributed by atoms with Crippen LogP contribution in [0.4, 0.5) is 5.69 Å². The maximum absolute atomic E-state index is 12.2. The highest BCUT2D eigenvalue weighted by atomic mass is 16.5. The highest BCUT2D eigenvalue weighted by Crippen LogP contribution is 2.16. The predicted octanol–water partition coefficient (Wildman–Crippen LogP) is 2.98. The van der Waals surface area contributed by atoms with Crippen molar-refractivity contribution in [3.63, 3.8) is 0 Å². The SMILES string of the molecule is COc1ccc(OCCNC(=O)/C=C(/C)C(=O)Nc2ccc(C(C)=O)cc2)cc1. The van der Waals surface area contributed by atoms with Crippen LogP contribution in [0, 0.1) is 0 Å². The standard InChI is InChI=1S/C22H24N2O5/c1-15(22(27)24-18-6-4-17(5-7-18)16(2)25)14-21(26)23-12-13-29-20-10-8-19(28-3)9-11-20/h4-11,14H,12-13H2,1-3H3,(H,23,26)(H,24,27)/b15-14-. The molecule has 2 rings (SSSR count). The summed E-state index contributed by atoms with van der Waals surface area (Å²) in [5.41, 5.74) is 1.36. The van der Waals surface area contributed by atoms with Gasteiger partial charge in [-0.05, 0) is 62.4 Å². The Morgan fingerprint density at radius 1 is 0.931 bits per heavy atom. The summed E-state index contributed by atoms with van der Waals surface area (Å²) in [5.74, 6) is 0.570. The van der Waals surface area contributed by atoms with Crippen molar-refractivity contribution < 1.29 is 23.9 Å². The van der Waals surface area contributed by atoms with Crippen molar-refractivity contribution in [2.24, 2.45) is 0 Å². The van der Waals surface area contributed by atoms with Gasteiger partial charge in [0.05, 0.1) is 13.7 Å². The van der Waals surface area contributed by atoms with Crippen LogP contribution in [-0.4, -0.2) is 37.9 Å². The van der Waals surface area contributed by atoms with Gasteiger partial charge in [0.15, 0.2) is 5.78 Å². The lowest BCUT2D eigenvalue weighted by atomic mass is 10.1. The van der Waals surface area contributed by atoms with Crippen LogP contribution in [0.1, 0.15) is 24.2 Å². The van der Waals surface area contributed by atoms with Crippen molar-refractivity contribution in [1.29, 1.82) is 0 Å². The molecule has 0 aromatic heterocycles. The maximum atomic E-state index is 12.2. The Morgan fingerprint density at radius 2 is 1.55 bits per heavy atom. The predicted molar refractivity (Wildman–Crippen MR) is 110 cm³/mol. The van der Waals surface area contributed by atoms with Crippen LogP contribution in [0.15, 0.2) is 60.2 Å². The fourth-order valence-corrected chi connectivity index (χ4v) is 2.35. The molecule has 0 aliphatic carbocycles. The highest BCUT2D eigenvalue weighted by molar-refractivity contribution is 6.07. The Kier molecular flexibility index (Phi) is 7.97. The Bertz CT molecular complexity index is 886. The van der Waals surface area contributed by atoms with Crippen LogP contribution in [-0.2, 0) is 9.59 Å². The molecule has 2 aromatic carbocycles. The number of anilines is 1. The van der Waals surface area contributed by atoms with Gasteiger partial charge in [0.1, 0.15) is 18.1 Å². The van der Waals surface area contributed by atoms with Crippen molar-refractivity contribution in [3.8, 4) is 11.5 Å². The molecule has 0 aliphatic rings. The van der Waals surface area contributed by atoms with Gasteiger partial charge in [-0.3, -0.25) is 14.4 Å². The summed E-state index contributed by atoms with van der Waals surface area (Å²) < 4.78 is 10.6. The van der Waals surface area contributed by atoms with Gasteiger partial charge in [0, 0.05) is 22.9 Å². The first-order chi connectivity index (χ1) is 13.9. The molecule has 2 amide bonds. The molecule has 0 fully saturated rings. The Labute approximate surface area is 169 Å². The second-order valence-electron chi connectivity index (χ2n) is 6.23. The Morgan fingerprint density at radius 3 is 2.14 bits per heavy atom. The molecule has 7 heteroatoms. The number of carbonyl (C=O) groups is 3. The van der Waals surface area contributed by atoms with E-state index >= 15 is 0 Å². The average Bonchev–Trinajstić information content (AvgIpc) is 2.72. The first-order valence-electron chi connectivity index (χ1n) is 9.04. The zero-order valence-corrected chi connectivity index (χ0v) is 16.7. The number of methoxy groups -OCH3 is 1. The summed E-state index contributed by atoms with van der Waals surface area (Å²) in [4.78, 5) is 35.4. The summed E-state index contributed by atoms with van der Waals surface area (Å²) in [5, 5.41) is 5.34. The third-order valence-corrected chi connectivity index (χ3v) is 3.98. The minimum absolute atomic E-state index is 0.0494. The summed E-state index contributed by atoms with van der Waals surface area (Å²) >= 11 is 0. The number of ether oxygens (including phenoxy) is 2. The smallest absolute Gasteiger partial charge is 0.251 e. The van der Waals surface area contributed by atoms with Gasteiger partial charge in [0.25, 0.3) is 5.91 Å². The lowest BCUT2D eigenvalue weighted by molar-refractivity contribution is -0.117. The van der Waals surface area contributed by atoms with E-state index in [1.54, 1.807) is 62.6 Å². The van der Waals surface area contributed by atoms with Crippen molar-refractivity contribution in [2.45, 2.75) is 13.8 Å². The minimum atomic E-state index is -0.398. The van der Waals surface area contributed by atoms with E-state index < -0.39 is 5.91 Å². The molecule has 7 nitrogen and oxygen atoms in total. The van der Waals surface area contributed by atoms with Crippen LogP contribution in [0.25, 0.3) is 0 Å². The van der Waals surface area contributed by atoms with Gasteiger partial charge in [-0.1, -0.05) is 0 Å². The molecule has 0 saturated carbocycles. The molecule has 152 valence electrons. The van der Waals surface area contributed by atoms with Gasteiger partial charge in [-0.25, -0.2) is 0 Å². The van der Waals surface area contributed by atoms with E-state index in [1.807, 2.05) is 0 Å². The molecule has 29 heavy (non-hydrogen) atoms. The van der Waals surface area contributed by atoms with E-state index in [-0.39, 0.29) is 17.3 Å². The topological polar surface area (TPSA) is 93.7 Å². The third kappa shape index (κ3) is 7.14. The third-order valence-electron chi connectivity index (χ3n) is 3.98. The fourth-order valence-electron chi connectivity index (χ4n) is 2.35. The molecule has 0 bridgehead atoms. The summed E-state index contributed by atoms with van der Waals surface area (Å²) in [6, 6.07) is 13.7. The summed E-state index contributed by atoms with van der Waals surface area (Å²) in [6.07, 6.45) is 1.23. The number of benzene rings is 2. The van der Waals surface area contributed by atoms with E-state index in [1.165, 1.54) is 13.0 Å². The van der Waals surface area contributed by atoms with Crippen LogP contribution in [0.5, 0.6) is 11.5 Å². The number of carbonyl (C=O) groups excluding carboxylic acids is 3. The zero-order chi connectivity index (χ0) is 21.2. The first-order valence-corrected chi connectivity index (χ1v) is 9.04. The van der Waals surface area contributed by atoms with Crippen LogP contribution in [0.2, 0.25) is 0 Å². The van der Waals surface area contributed by atoms with Crippen molar-refractivity contribution in [2.75, 3.05) is 25.6 Å². The molecular weight excluding hydrogens is 372 g/mol. The monoisotopic (exact) mass is 396 g/mol. The zero-order valence-electron chi connectivity index (χ0n) is 16.7. The normalized spacial score (nSPS) is 10.8. The fraction of sp³-hybridized carbons (Fsp3) is 0.227. The number of rotatable bonds is 9. The van der Waals surface area contributed by atoms with Gasteiger partial charge < -0.3 is 20.1 Å². The molecule has 2 N–H and O–H groups in total. The molecular formula is C22H24N2O5. The molecule has 0 unspecified atom stereocenters. The van der Waals surface area contributed by atoms with Crippen LogP contribution in [0.3, 0.4) is 0 Å². The first kappa shape index (κ1) is 21.7. The number of nitrogens with one attached hydrogen (secondary N) is 2. The Balaban J connectivity index is 1.76. The van der Waals surface area contributed by atoms with E-state index in [4.69, 9.17) is 9.47 Å². The lowest BCUT2D eigenvalue weighted by Gasteiger charge is -2.08. The van der Waals surface area contributed by atoms with E-state index in [9.17, 15) is 14.4 Å². The van der Waals surface area contributed by atoms with E-state index in [2.05, 4.69) is 10.6 Å². The van der Waals surface area contributed by atoms with Crippen LogP contribution >= 0.6 is 0 Å². The lowest BCUT2D eigenvalue weighted by Crippen LogP contribution is -2.27. The molecule has 2 aromatic rings. The van der Waals surface area contributed by atoms with Gasteiger partial charge >= 0.3 is 0 Å². The second kappa shape index (κ2) is 10.7. The Hall–Kier alpha value is -3.61. The maximum Gasteiger partial charge on any atom is 0.251 e. The number of Topliss-reactive ketones (excluding diaryl/α,β-unsaturated/α-hetero) is 1. The van der Waals surface area contributed by atoms with Gasteiger partial charge in [-0.2, -0.15) is 0 Å². The number of amides is 2. The molecule has 0 radical (unpaired) electrons. The van der Waals surface area contributed by atoms with Gasteiger partial charge in [-0.15, -0.1) is 0 Å². The second-order valence-corrected chi connectivity index (χ2v) is 6.23. The number of hydrogen-bond acceptors (Lipinski definition) is 5. The van der Waals surface area contributed by atoms with Crippen LogP contribution < -0.4 is 20.1 Å². The van der Waals surface area contributed by atoms with Crippen molar-refractivity contribution in [3.05, 3.63) is 65.7 Å². The molecule has 0 spiro atoms. The summed E-state index contributed by atoms with van der Waals surface area (Å²) in [7, 11) is 1.59. The largest absolute Gasteiger partial charge is 0.497 e. The van der Waals surface area contributed by atoms with Crippen molar-refractivity contribution in [1.82, 2.24) is 5.32 Å². The highest BCUT2D eigenvalue weighted by Gasteiger charge is 2.08. The number of hydrogen-bond donors (Lipinski definition) is 2. The summed E-state index contributed by atoms with van der Waals surface area (Å²) in [6.45, 7) is 3.61. The van der Waals surface area contributed by atoms with E-state index in [0.717, 1.165) is 5.75 Å². The minimum Gasteiger partial charge on any atom is -0.497 e. The molecule has 0 heterocycles. The van der Waals surface area contributed by atoms with E-state index in [0.29, 0.717) is 30.2 Å². The molecule has 0 saturated heterocycles. The quantitative estimate of drug-likeness (QED) is 0.386.